The van der Waals surface area contributed by atoms with Gasteiger partial charge in [0.2, 0.25) is 5.91 Å². The van der Waals surface area contributed by atoms with Crippen molar-refractivity contribution >= 4 is 41.0 Å². The van der Waals surface area contributed by atoms with Gasteiger partial charge in [-0.15, -0.1) is 0 Å². The third-order valence-corrected chi connectivity index (χ3v) is 3.77. The van der Waals surface area contributed by atoms with Gasteiger partial charge in [-0.2, -0.15) is 0 Å². The van der Waals surface area contributed by atoms with Gasteiger partial charge in [0.15, 0.2) is 11.0 Å². The molecule has 2 amide bonds. The molecule has 2 fully saturated rings. The van der Waals surface area contributed by atoms with E-state index in [1.54, 1.807) is 0 Å². The van der Waals surface area contributed by atoms with Gasteiger partial charge in [-0.3, -0.25) is 19.5 Å². The van der Waals surface area contributed by atoms with Crippen molar-refractivity contribution in [1.82, 2.24) is 5.32 Å². The highest BCUT2D eigenvalue weighted by Gasteiger charge is 2.38. The van der Waals surface area contributed by atoms with Crippen LogP contribution in [0.3, 0.4) is 0 Å². The molecule has 1 aromatic rings. The van der Waals surface area contributed by atoms with E-state index in [1.807, 2.05) is 31.2 Å². The molecule has 1 aliphatic carbocycles. The zero-order valence-electron chi connectivity index (χ0n) is 11.6. The maximum Gasteiger partial charge on any atom is 0.251 e. The SMILES string of the molecule is Cc1ccc(N2C(=O)[C@@H](C=NC3CC3)C(=O)NC2=S)cc1. The van der Waals surface area contributed by atoms with E-state index in [1.165, 1.54) is 11.1 Å². The lowest BCUT2D eigenvalue weighted by Crippen LogP contribution is -2.58. The third-order valence-electron chi connectivity index (χ3n) is 3.49. The van der Waals surface area contributed by atoms with Crippen LogP contribution in [-0.2, 0) is 9.59 Å². The quantitative estimate of drug-likeness (QED) is 0.524. The lowest BCUT2D eigenvalue weighted by molar-refractivity contribution is -0.130. The first-order chi connectivity index (χ1) is 10.1. The van der Waals surface area contributed by atoms with Gasteiger partial charge in [0.25, 0.3) is 5.91 Å². The van der Waals surface area contributed by atoms with Crippen molar-refractivity contribution in [2.45, 2.75) is 25.8 Å². The molecular weight excluding hydrogens is 286 g/mol. The second-order valence-corrected chi connectivity index (χ2v) is 5.70. The van der Waals surface area contributed by atoms with Crippen LogP contribution in [0.25, 0.3) is 0 Å². The molecule has 0 unspecified atom stereocenters. The first-order valence-electron chi connectivity index (χ1n) is 6.85. The summed E-state index contributed by atoms with van der Waals surface area (Å²) in [6, 6.07) is 7.69. The number of amides is 2. The molecule has 1 heterocycles. The third kappa shape index (κ3) is 2.85. The van der Waals surface area contributed by atoms with Crippen LogP contribution in [0, 0.1) is 12.8 Å². The molecule has 0 spiro atoms. The van der Waals surface area contributed by atoms with Crippen LogP contribution in [0.5, 0.6) is 0 Å². The van der Waals surface area contributed by atoms with Crippen LogP contribution in [0.1, 0.15) is 18.4 Å². The number of nitrogens with zero attached hydrogens (tertiary/aromatic N) is 2. The topological polar surface area (TPSA) is 61.8 Å². The molecule has 0 bridgehead atoms. The number of benzene rings is 1. The van der Waals surface area contributed by atoms with Crippen LogP contribution in [-0.4, -0.2) is 29.2 Å². The summed E-state index contributed by atoms with van der Waals surface area (Å²) < 4.78 is 0. The molecule has 6 heteroatoms. The fourth-order valence-corrected chi connectivity index (χ4v) is 2.39. The predicted octanol–water partition coefficient (Wildman–Crippen LogP) is 1.59. The van der Waals surface area contributed by atoms with Crippen molar-refractivity contribution in [1.29, 1.82) is 0 Å². The van der Waals surface area contributed by atoms with E-state index in [0.717, 1.165) is 18.4 Å². The second kappa shape index (κ2) is 5.37. The molecule has 0 aromatic heterocycles. The van der Waals surface area contributed by atoms with Gasteiger partial charge in [-0.25, -0.2) is 0 Å². The van der Waals surface area contributed by atoms with Crippen molar-refractivity contribution in [3.8, 4) is 0 Å². The Morgan fingerprint density at radius 1 is 1.29 bits per heavy atom. The normalized spacial score (nSPS) is 22.8. The summed E-state index contributed by atoms with van der Waals surface area (Å²) in [6.07, 6.45) is 3.51. The highest BCUT2D eigenvalue weighted by molar-refractivity contribution is 7.80. The van der Waals surface area contributed by atoms with E-state index in [0.29, 0.717) is 5.69 Å². The molecule has 2 aliphatic rings. The Kier molecular flexibility index (Phi) is 3.55. The summed E-state index contributed by atoms with van der Waals surface area (Å²) in [7, 11) is 0. The lowest BCUT2D eigenvalue weighted by atomic mass is 10.1. The molecule has 3 rings (SSSR count). The number of carbonyl (C=O) groups excluding carboxylic acids is 2. The Morgan fingerprint density at radius 3 is 2.57 bits per heavy atom. The molecule has 5 nitrogen and oxygen atoms in total. The number of hydrogen-bond acceptors (Lipinski definition) is 4. The molecule has 1 aromatic carbocycles. The Bertz CT molecular complexity index is 635. The summed E-state index contributed by atoms with van der Waals surface area (Å²) in [4.78, 5) is 30.1. The standard InChI is InChI=1S/C15H15N3O2S/c1-9-2-6-11(7-3-9)18-14(20)12(8-16-10-4-5-10)13(19)17-15(18)21/h2-3,6-8,10,12H,4-5H2,1H3,(H,17,19,21)/t12-/m0/s1. The number of thiocarbonyl (C=S) groups is 1. The summed E-state index contributed by atoms with van der Waals surface area (Å²) in [5, 5.41) is 2.69. The van der Waals surface area contributed by atoms with E-state index in [2.05, 4.69) is 10.3 Å². The fourth-order valence-electron chi connectivity index (χ4n) is 2.09. The largest absolute Gasteiger partial charge is 0.301 e. The number of rotatable bonds is 3. The van der Waals surface area contributed by atoms with Gasteiger partial charge in [0.05, 0.1) is 5.69 Å². The van der Waals surface area contributed by atoms with Gasteiger partial charge in [0, 0.05) is 12.3 Å². The van der Waals surface area contributed by atoms with Crippen LogP contribution in [0.15, 0.2) is 29.3 Å². The molecule has 1 saturated carbocycles. The van der Waals surface area contributed by atoms with Crippen molar-refractivity contribution in [2.75, 3.05) is 4.90 Å². The minimum absolute atomic E-state index is 0.116. The Labute approximate surface area is 128 Å². The highest BCUT2D eigenvalue weighted by atomic mass is 32.1. The lowest BCUT2D eigenvalue weighted by Gasteiger charge is -2.31. The van der Waals surface area contributed by atoms with Gasteiger partial charge in [-0.1, -0.05) is 17.7 Å². The molecule has 0 radical (unpaired) electrons. The predicted molar refractivity (Wildman–Crippen MR) is 84.4 cm³/mol. The minimum Gasteiger partial charge on any atom is -0.301 e. The van der Waals surface area contributed by atoms with E-state index in [9.17, 15) is 9.59 Å². The second-order valence-electron chi connectivity index (χ2n) is 5.31. The van der Waals surface area contributed by atoms with Crippen LogP contribution < -0.4 is 10.2 Å². The van der Waals surface area contributed by atoms with Crippen molar-refractivity contribution in [3.05, 3.63) is 29.8 Å². The van der Waals surface area contributed by atoms with E-state index in [-0.39, 0.29) is 17.1 Å². The number of anilines is 1. The number of nitrogens with one attached hydrogen (secondary N) is 1. The van der Waals surface area contributed by atoms with Gasteiger partial charge in [0.1, 0.15) is 0 Å². The van der Waals surface area contributed by atoms with Crippen molar-refractivity contribution in [3.63, 3.8) is 0 Å². The van der Waals surface area contributed by atoms with Crippen LogP contribution in [0.2, 0.25) is 0 Å². The summed E-state index contributed by atoms with van der Waals surface area (Å²) in [6.45, 7) is 1.97. The molecule has 1 saturated heterocycles. The van der Waals surface area contributed by atoms with Crippen LogP contribution >= 0.6 is 12.2 Å². The first kappa shape index (κ1) is 13.9. The first-order valence-corrected chi connectivity index (χ1v) is 7.26. The molecule has 108 valence electrons. The summed E-state index contributed by atoms with van der Waals surface area (Å²) >= 11 is 5.13. The number of aliphatic imine (C=N–C) groups is 1. The fraction of sp³-hybridized carbons (Fsp3) is 0.333. The van der Waals surface area contributed by atoms with Crippen molar-refractivity contribution < 1.29 is 9.59 Å². The molecule has 1 aliphatic heterocycles. The zero-order chi connectivity index (χ0) is 15.0. The van der Waals surface area contributed by atoms with E-state index in [4.69, 9.17) is 12.2 Å². The van der Waals surface area contributed by atoms with Gasteiger partial charge >= 0.3 is 0 Å². The maximum absolute atomic E-state index is 12.6. The minimum atomic E-state index is -0.904. The number of carbonyl (C=O) groups is 2. The average Bonchev–Trinajstić information content (AvgIpc) is 3.24. The van der Waals surface area contributed by atoms with Gasteiger partial charge in [-0.05, 0) is 44.1 Å². The maximum atomic E-state index is 12.6. The molecular formula is C15H15N3O2S. The van der Waals surface area contributed by atoms with Crippen molar-refractivity contribution in [2.24, 2.45) is 10.9 Å². The Balaban J connectivity index is 1.88. The number of hydrogen-bond donors (Lipinski definition) is 1. The Hall–Kier alpha value is -2.08. The van der Waals surface area contributed by atoms with E-state index >= 15 is 0 Å². The monoisotopic (exact) mass is 301 g/mol. The average molecular weight is 301 g/mol. The summed E-state index contributed by atoms with van der Waals surface area (Å²) in [5.41, 5.74) is 1.74. The number of aryl methyl sites for hydroxylation is 1. The molecule has 21 heavy (non-hydrogen) atoms. The highest BCUT2D eigenvalue weighted by Crippen LogP contribution is 2.24. The van der Waals surface area contributed by atoms with Crippen LogP contribution in [0.4, 0.5) is 5.69 Å². The summed E-state index contributed by atoms with van der Waals surface area (Å²) in [5.74, 6) is -1.66. The van der Waals surface area contributed by atoms with E-state index < -0.39 is 11.8 Å². The smallest absolute Gasteiger partial charge is 0.251 e. The zero-order valence-corrected chi connectivity index (χ0v) is 12.4. The molecule has 1 N–H and O–H groups in total. The Morgan fingerprint density at radius 2 is 1.95 bits per heavy atom. The van der Waals surface area contributed by atoms with Gasteiger partial charge < -0.3 is 5.32 Å². The molecule has 1 atom stereocenters.